The number of ether oxygens (including phenoxy) is 2. The molecule has 0 fully saturated rings. The second-order valence-corrected chi connectivity index (χ2v) is 5.76. The maximum atomic E-state index is 12.0. The van der Waals surface area contributed by atoms with E-state index in [2.05, 4.69) is 5.32 Å². The van der Waals surface area contributed by atoms with Crippen molar-refractivity contribution in [1.29, 1.82) is 0 Å². The van der Waals surface area contributed by atoms with Crippen molar-refractivity contribution in [2.24, 2.45) is 0 Å². The number of amides is 1. The molecule has 0 aliphatic carbocycles. The number of halogens is 3. The Bertz CT molecular complexity index is 409. The molecule has 0 aliphatic heterocycles. The van der Waals surface area contributed by atoms with Gasteiger partial charge in [-0.25, -0.2) is 13.1 Å². The van der Waals surface area contributed by atoms with E-state index in [0.717, 1.165) is 0 Å². The third-order valence-corrected chi connectivity index (χ3v) is 3.61. The van der Waals surface area contributed by atoms with Crippen LogP contribution >= 0.6 is 0 Å². The van der Waals surface area contributed by atoms with E-state index >= 15 is 0 Å². The molecule has 21 heavy (non-hydrogen) atoms. The highest BCUT2D eigenvalue weighted by Crippen LogP contribution is 2.21. The lowest BCUT2D eigenvalue weighted by Gasteiger charge is -2.14. The summed E-state index contributed by atoms with van der Waals surface area (Å²) in [6, 6.07) is 0. The first kappa shape index (κ1) is 20.1. The van der Waals surface area contributed by atoms with E-state index in [1.54, 1.807) is 0 Å². The molecule has 0 aromatic heterocycles. The highest BCUT2D eigenvalue weighted by atomic mass is 32.2. The summed E-state index contributed by atoms with van der Waals surface area (Å²) in [6.45, 7) is -0.236. The summed E-state index contributed by atoms with van der Waals surface area (Å²) in [5.74, 6) is -0.326. The maximum absolute atomic E-state index is 12.0. The molecule has 0 unspecified atom stereocenters. The standard InChI is InChI=1S/C10H19F3N2O5S/c1-19-9(20-2)7-14-8(16)5-3-4-6-15-21(17,18)10(11,12)13/h9,15H,3-7H2,1-2H3,(H,14,16). The molecule has 0 aliphatic rings. The molecule has 126 valence electrons. The van der Waals surface area contributed by atoms with Crippen molar-refractivity contribution in [1.82, 2.24) is 10.0 Å². The van der Waals surface area contributed by atoms with Gasteiger partial charge in [0.25, 0.3) is 0 Å². The Kier molecular flexibility index (Phi) is 8.78. The Balaban J connectivity index is 3.80. The van der Waals surface area contributed by atoms with Gasteiger partial charge in [0.15, 0.2) is 6.29 Å². The van der Waals surface area contributed by atoms with E-state index < -0.39 is 21.8 Å². The molecular weight excluding hydrogens is 317 g/mol. The van der Waals surface area contributed by atoms with E-state index in [1.807, 2.05) is 0 Å². The van der Waals surface area contributed by atoms with Crippen LogP contribution in [0.3, 0.4) is 0 Å². The predicted octanol–water partition coefficient (Wildman–Crippen LogP) is 0.331. The van der Waals surface area contributed by atoms with Gasteiger partial charge in [-0.3, -0.25) is 4.79 Å². The smallest absolute Gasteiger partial charge is 0.354 e. The number of nitrogens with one attached hydrogen (secondary N) is 2. The summed E-state index contributed by atoms with van der Waals surface area (Å²) in [7, 11) is -2.49. The molecule has 0 aromatic carbocycles. The van der Waals surface area contributed by atoms with Crippen molar-refractivity contribution >= 4 is 15.9 Å². The van der Waals surface area contributed by atoms with Gasteiger partial charge < -0.3 is 14.8 Å². The van der Waals surface area contributed by atoms with E-state index in [0.29, 0.717) is 0 Å². The number of methoxy groups -OCH3 is 2. The van der Waals surface area contributed by atoms with E-state index in [-0.39, 0.29) is 38.3 Å². The minimum absolute atomic E-state index is 0.0634. The molecule has 0 radical (unpaired) electrons. The zero-order chi connectivity index (χ0) is 16.5. The highest BCUT2D eigenvalue weighted by Gasteiger charge is 2.45. The predicted molar refractivity (Wildman–Crippen MR) is 67.6 cm³/mol. The van der Waals surface area contributed by atoms with Gasteiger partial charge in [0.2, 0.25) is 5.91 Å². The molecule has 2 N–H and O–H groups in total. The lowest BCUT2D eigenvalue weighted by Crippen LogP contribution is -2.37. The quantitative estimate of drug-likeness (QED) is 0.443. The van der Waals surface area contributed by atoms with Crippen LogP contribution in [0, 0.1) is 0 Å². The SMILES string of the molecule is COC(CNC(=O)CCCCNS(=O)(=O)C(F)(F)F)OC. The highest BCUT2D eigenvalue weighted by molar-refractivity contribution is 7.90. The lowest BCUT2D eigenvalue weighted by molar-refractivity contribution is -0.127. The fourth-order valence-corrected chi connectivity index (χ4v) is 1.82. The summed E-state index contributed by atoms with van der Waals surface area (Å²) in [6.07, 6.45) is -0.154. The van der Waals surface area contributed by atoms with E-state index in [9.17, 15) is 26.4 Å². The first-order valence-electron chi connectivity index (χ1n) is 6.02. The van der Waals surface area contributed by atoms with Crippen LogP contribution in [0.2, 0.25) is 0 Å². The molecule has 0 heterocycles. The monoisotopic (exact) mass is 336 g/mol. The third kappa shape index (κ3) is 8.19. The Morgan fingerprint density at radius 2 is 1.76 bits per heavy atom. The van der Waals surface area contributed by atoms with Gasteiger partial charge in [-0.05, 0) is 12.8 Å². The van der Waals surface area contributed by atoms with Crippen molar-refractivity contribution in [3.8, 4) is 0 Å². The molecule has 0 bridgehead atoms. The summed E-state index contributed by atoms with van der Waals surface area (Å²) in [4.78, 5) is 11.4. The number of hydrogen-bond donors (Lipinski definition) is 2. The average molecular weight is 336 g/mol. The zero-order valence-electron chi connectivity index (χ0n) is 11.7. The Morgan fingerprint density at radius 1 is 1.19 bits per heavy atom. The number of rotatable bonds is 10. The molecule has 0 saturated heterocycles. The second-order valence-electron chi connectivity index (χ2n) is 4.01. The van der Waals surface area contributed by atoms with Gasteiger partial charge in [0.05, 0.1) is 6.54 Å². The fraction of sp³-hybridized carbons (Fsp3) is 0.900. The van der Waals surface area contributed by atoms with Crippen LogP contribution in [0.25, 0.3) is 0 Å². The van der Waals surface area contributed by atoms with Crippen LogP contribution in [-0.4, -0.2) is 53.4 Å². The topological polar surface area (TPSA) is 93.7 Å². The number of alkyl halides is 3. The number of unbranched alkanes of at least 4 members (excludes halogenated alkanes) is 1. The van der Waals surface area contributed by atoms with Crippen LogP contribution in [0.15, 0.2) is 0 Å². The molecule has 0 spiro atoms. The van der Waals surface area contributed by atoms with Gasteiger partial charge in [-0.15, -0.1) is 0 Å². The van der Waals surface area contributed by atoms with Gasteiger partial charge in [0.1, 0.15) is 0 Å². The van der Waals surface area contributed by atoms with Gasteiger partial charge in [0, 0.05) is 27.2 Å². The van der Waals surface area contributed by atoms with E-state index in [4.69, 9.17) is 9.47 Å². The lowest BCUT2D eigenvalue weighted by atomic mass is 10.2. The fourth-order valence-electron chi connectivity index (χ4n) is 1.25. The third-order valence-electron chi connectivity index (χ3n) is 2.42. The number of carbonyl (C=O) groups excluding carboxylic acids is 1. The number of hydrogen-bond acceptors (Lipinski definition) is 5. The first-order valence-corrected chi connectivity index (χ1v) is 7.50. The summed E-state index contributed by atoms with van der Waals surface area (Å²) < 4.78 is 68.3. The van der Waals surface area contributed by atoms with Crippen molar-refractivity contribution < 1.29 is 35.9 Å². The minimum Gasteiger partial charge on any atom is -0.354 e. The van der Waals surface area contributed by atoms with Crippen LogP contribution in [0.5, 0.6) is 0 Å². The van der Waals surface area contributed by atoms with Crippen LogP contribution in [0.1, 0.15) is 19.3 Å². The molecule has 11 heteroatoms. The van der Waals surface area contributed by atoms with Gasteiger partial charge in [-0.2, -0.15) is 13.2 Å². The maximum Gasteiger partial charge on any atom is 0.511 e. The molecule has 7 nitrogen and oxygen atoms in total. The normalized spacial score (nSPS) is 12.7. The van der Waals surface area contributed by atoms with E-state index in [1.165, 1.54) is 18.9 Å². The molecule has 1 amide bonds. The van der Waals surface area contributed by atoms with Gasteiger partial charge >= 0.3 is 15.5 Å². The minimum atomic E-state index is -5.32. The molecule has 0 saturated carbocycles. The second kappa shape index (κ2) is 9.18. The molecule has 0 atom stereocenters. The average Bonchev–Trinajstić information content (AvgIpc) is 2.38. The first-order chi connectivity index (χ1) is 9.64. The van der Waals surface area contributed by atoms with Crippen molar-refractivity contribution in [2.45, 2.75) is 31.1 Å². The van der Waals surface area contributed by atoms with Crippen LogP contribution < -0.4 is 10.0 Å². The van der Waals surface area contributed by atoms with Crippen molar-refractivity contribution in [2.75, 3.05) is 27.3 Å². The van der Waals surface area contributed by atoms with Crippen LogP contribution in [0.4, 0.5) is 13.2 Å². The van der Waals surface area contributed by atoms with Crippen molar-refractivity contribution in [3.05, 3.63) is 0 Å². The summed E-state index contributed by atoms with van der Waals surface area (Å²) >= 11 is 0. The molecular formula is C10H19F3N2O5S. The largest absolute Gasteiger partial charge is 0.511 e. The number of carbonyl (C=O) groups is 1. The summed E-state index contributed by atoms with van der Waals surface area (Å²) in [5.41, 5.74) is -5.32. The molecule has 0 aromatic rings. The van der Waals surface area contributed by atoms with Gasteiger partial charge in [-0.1, -0.05) is 0 Å². The Morgan fingerprint density at radius 3 is 2.24 bits per heavy atom. The Hall–Kier alpha value is -0.910. The number of sulfonamides is 1. The van der Waals surface area contributed by atoms with Crippen LogP contribution in [-0.2, 0) is 24.3 Å². The summed E-state index contributed by atoms with van der Waals surface area (Å²) in [5, 5.41) is 2.51. The zero-order valence-corrected chi connectivity index (χ0v) is 12.5. The Labute approximate surface area is 121 Å². The van der Waals surface area contributed by atoms with Crippen molar-refractivity contribution in [3.63, 3.8) is 0 Å². The molecule has 0 rings (SSSR count).